The summed E-state index contributed by atoms with van der Waals surface area (Å²) in [6.07, 6.45) is 1.73. The molecule has 0 atom stereocenters. The van der Waals surface area contributed by atoms with E-state index in [-0.39, 0.29) is 5.91 Å². The summed E-state index contributed by atoms with van der Waals surface area (Å²) in [5.41, 5.74) is 0.607. The first kappa shape index (κ1) is 14.6. The predicted octanol–water partition coefficient (Wildman–Crippen LogP) is 2.76. The first-order valence-electron chi connectivity index (χ1n) is 6.56. The highest BCUT2D eigenvalue weighted by atomic mass is 32.1. The van der Waals surface area contributed by atoms with Gasteiger partial charge in [0.15, 0.2) is 0 Å². The molecule has 1 heterocycles. The van der Waals surface area contributed by atoms with E-state index in [4.69, 9.17) is 4.74 Å². The van der Waals surface area contributed by atoms with E-state index in [1.807, 2.05) is 18.2 Å². The number of nitrogens with one attached hydrogen (secondary N) is 1. The van der Waals surface area contributed by atoms with Gasteiger partial charge in [-0.3, -0.25) is 10.1 Å². The molecule has 0 radical (unpaired) electrons. The number of rotatable bonds is 7. The van der Waals surface area contributed by atoms with Crippen molar-refractivity contribution in [3.05, 3.63) is 40.9 Å². The molecule has 0 aliphatic heterocycles. The Labute approximate surface area is 122 Å². The molecule has 0 bridgehead atoms. The number of hydrogen-bond donors (Lipinski definition) is 1. The van der Waals surface area contributed by atoms with Crippen molar-refractivity contribution in [1.29, 1.82) is 0 Å². The van der Waals surface area contributed by atoms with Crippen LogP contribution in [0.25, 0.3) is 0 Å². The lowest BCUT2D eigenvalue weighted by molar-refractivity contribution is 0.102. The lowest BCUT2D eigenvalue weighted by atomic mass is 10.2. The highest BCUT2D eigenvalue weighted by Gasteiger charge is 2.09. The summed E-state index contributed by atoms with van der Waals surface area (Å²) in [5.74, 6) is -0.171. The van der Waals surface area contributed by atoms with Crippen molar-refractivity contribution in [3.63, 3.8) is 0 Å². The first-order chi connectivity index (χ1) is 9.79. The fraction of sp³-hybridized carbons (Fsp3) is 0.357. The number of ether oxygens (including phenoxy) is 1. The zero-order valence-corrected chi connectivity index (χ0v) is 12.2. The number of anilines is 1. The molecule has 20 heavy (non-hydrogen) atoms. The van der Waals surface area contributed by atoms with Crippen LogP contribution in [0.15, 0.2) is 30.3 Å². The number of carbonyl (C=O) groups is 1. The van der Waals surface area contributed by atoms with Gasteiger partial charge >= 0.3 is 0 Å². The van der Waals surface area contributed by atoms with Crippen molar-refractivity contribution < 1.29 is 9.53 Å². The summed E-state index contributed by atoms with van der Waals surface area (Å²) in [6, 6.07) is 9.04. The Bertz CT molecular complexity index is 542. The number of nitrogens with zero attached hydrogens (tertiary/aromatic N) is 2. The molecular weight excluding hydrogens is 274 g/mol. The van der Waals surface area contributed by atoms with Crippen molar-refractivity contribution in [2.75, 3.05) is 18.5 Å². The van der Waals surface area contributed by atoms with Gasteiger partial charge in [-0.15, -0.1) is 10.2 Å². The van der Waals surface area contributed by atoms with E-state index in [1.165, 1.54) is 11.3 Å². The molecule has 0 unspecified atom stereocenters. The maximum Gasteiger partial charge on any atom is 0.257 e. The Morgan fingerprint density at radius 3 is 2.80 bits per heavy atom. The fourth-order valence-electron chi connectivity index (χ4n) is 1.57. The molecular formula is C14H17N3O2S. The molecule has 1 amide bonds. The van der Waals surface area contributed by atoms with E-state index >= 15 is 0 Å². The highest BCUT2D eigenvalue weighted by Crippen LogP contribution is 2.16. The van der Waals surface area contributed by atoms with E-state index in [0.29, 0.717) is 17.3 Å². The second-order valence-corrected chi connectivity index (χ2v) is 5.25. The molecule has 0 fully saturated rings. The Morgan fingerprint density at radius 2 is 2.05 bits per heavy atom. The number of hydrogen-bond acceptors (Lipinski definition) is 5. The Morgan fingerprint density at radius 1 is 1.25 bits per heavy atom. The Hall–Kier alpha value is -1.79. The van der Waals surface area contributed by atoms with E-state index in [2.05, 4.69) is 22.4 Å². The summed E-state index contributed by atoms with van der Waals surface area (Å²) in [4.78, 5) is 11.9. The number of carbonyl (C=O) groups excluding carboxylic acids is 1. The molecule has 2 rings (SSSR count). The lowest BCUT2D eigenvalue weighted by Gasteiger charge is -2.00. The van der Waals surface area contributed by atoms with Gasteiger partial charge in [-0.2, -0.15) is 0 Å². The molecule has 0 saturated heterocycles. The Balaban J connectivity index is 1.85. The van der Waals surface area contributed by atoms with Gasteiger partial charge in [-0.25, -0.2) is 0 Å². The maximum absolute atomic E-state index is 11.9. The van der Waals surface area contributed by atoms with Gasteiger partial charge in [0.1, 0.15) is 5.01 Å². The fourth-order valence-corrected chi connectivity index (χ4v) is 2.29. The largest absolute Gasteiger partial charge is 0.381 e. The number of aromatic nitrogens is 2. The van der Waals surface area contributed by atoms with Crippen LogP contribution in [-0.2, 0) is 11.2 Å². The maximum atomic E-state index is 11.9. The van der Waals surface area contributed by atoms with Gasteiger partial charge in [0.25, 0.3) is 5.91 Å². The third kappa shape index (κ3) is 4.40. The molecule has 106 valence electrons. The monoisotopic (exact) mass is 291 g/mol. The molecule has 1 aromatic carbocycles. The standard InChI is InChI=1S/C14H17N3O2S/c1-2-9-19-10-8-12-16-17-14(20-12)15-13(18)11-6-4-3-5-7-11/h3-7H,2,8-10H2,1H3,(H,15,17,18). The van der Waals surface area contributed by atoms with Gasteiger partial charge < -0.3 is 4.74 Å². The van der Waals surface area contributed by atoms with Crippen LogP contribution in [0, 0.1) is 0 Å². The summed E-state index contributed by atoms with van der Waals surface area (Å²) >= 11 is 1.38. The van der Waals surface area contributed by atoms with Crippen LogP contribution in [0.1, 0.15) is 28.7 Å². The van der Waals surface area contributed by atoms with Gasteiger partial charge in [0, 0.05) is 18.6 Å². The second-order valence-electron chi connectivity index (χ2n) is 4.18. The normalized spacial score (nSPS) is 10.4. The minimum Gasteiger partial charge on any atom is -0.381 e. The summed E-state index contributed by atoms with van der Waals surface area (Å²) in [6.45, 7) is 3.47. The van der Waals surface area contributed by atoms with Crippen LogP contribution < -0.4 is 5.32 Å². The summed E-state index contributed by atoms with van der Waals surface area (Å²) in [7, 11) is 0. The van der Waals surface area contributed by atoms with Gasteiger partial charge in [-0.05, 0) is 18.6 Å². The van der Waals surface area contributed by atoms with Crippen LogP contribution in [0.5, 0.6) is 0 Å². The molecule has 1 N–H and O–H groups in total. The summed E-state index contributed by atoms with van der Waals surface area (Å²) < 4.78 is 5.40. The predicted molar refractivity (Wildman–Crippen MR) is 79.1 cm³/mol. The van der Waals surface area contributed by atoms with E-state index in [0.717, 1.165) is 24.5 Å². The first-order valence-corrected chi connectivity index (χ1v) is 7.37. The van der Waals surface area contributed by atoms with E-state index < -0.39 is 0 Å². The van der Waals surface area contributed by atoms with Crippen molar-refractivity contribution in [1.82, 2.24) is 10.2 Å². The molecule has 0 aliphatic carbocycles. The Kier molecular flexibility index (Phi) is 5.64. The SMILES string of the molecule is CCCOCCc1nnc(NC(=O)c2ccccc2)s1. The van der Waals surface area contributed by atoms with Gasteiger partial charge in [0.05, 0.1) is 6.61 Å². The lowest BCUT2D eigenvalue weighted by Crippen LogP contribution is -2.11. The topological polar surface area (TPSA) is 64.1 Å². The van der Waals surface area contributed by atoms with Crippen LogP contribution in [0.4, 0.5) is 5.13 Å². The molecule has 0 spiro atoms. The van der Waals surface area contributed by atoms with Crippen LogP contribution in [0.3, 0.4) is 0 Å². The molecule has 6 heteroatoms. The average Bonchev–Trinajstić information content (AvgIpc) is 2.92. The molecule has 0 aliphatic rings. The third-order valence-corrected chi connectivity index (χ3v) is 3.43. The van der Waals surface area contributed by atoms with Crippen LogP contribution in [0.2, 0.25) is 0 Å². The molecule has 1 aromatic heterocycles. The minimum absolute atomic E-state index is 0.171. The molecule has 5 nitrogen and oxygen atoms in total. The van der Waals surface area contributed by atoms with Gasteiger partial charge in [0.2, 0.25) is 5.13 Å². The summed E-state index contributed by atoms with van der Waals surface area (Å²) in [5, 5.41) is 12.1. The van der Waals surface area contributed by atoms with E-state index in [1.54, 1.807) is 12.1 Å². The second kappa shape index (κ2) is 7.72. The minimum atomic E-state index is -0.171. The zero-order valence-electron chi connectivity index (χ0n) is 11.3. The van der Waals surface area contributed by atoms with Crippen molar-refractivity contribution in [2.45, 2.75) is 19.8 Å². The third-order valence-electron chi connectivity index (χ3n) is 2.53. The highest BCUT2D eigenvalue weighted by molar-refractivity contribution is 7.15. The number of amides is 1. The van der Waals surface area contributed by atoms with Crippen molar-refractivity contribution in [2.24, 2.45) is 0 Å². The molecule has 2 aromatic rings. The van der Waals surface area contributed by atoms with Crippen molar-refractivity contribution in [3.8, 4) is 0 Å². The van der Waals surface area contributed by atoms with Crippen molar-refractivity contribution >= 4 is 22.4 Å². The molecule has 0 saturated carbocycles. The van der Waals surface area contributed by atoms with Gasteiger partial charge in [-0.1, -0.05) is 36.5 Å². The van der Waals surface area contributed by atoms with Crippen LogP contribution in [-0.4, -0.2) is 29.3 Å². The van der Waals surface area contributed by atoms with Crippen LogP contribution >= 0.6 is 11.3 Å². The zero-order chi connectivity index (χ0) is 14.2. The number of benzene rings is 1. The van der Waals surface area contributed by atoms with E-state index in [9.17, 15) is 4.79 Å². The smallest absolute Gasteiger partial charge is 0.257 e. The average molecular weight is 291 g/mol. The quantitative estimate of drug-likeness (QED) is 0.797.